The van der Waals surface area contributed by atoms with E-state index >= 15 is 0 Å². The quantitative estimate of drug-likeness (QED) is 0.470. The Bertz CT molecular complexity index is 897. The molecule has 3 aliphatic rings. The van der Waals surface area contributed by atoms with Crippen LogP contribution in [0.3, 0.4) is 0 Å². The molecular formula is C22H20O4. The van der Waals surface area contributed by atoms with Gasteiger partial charge < -0.3 is 14.2 Å². The molecule has 132 valence electrons. The zero-order chi connectivity index (χ0) is 17.7. The van der Waals surface area contributed by atoms with Gasteiger partial charge in [0.2, 0.25) is 0 Å². The second-order valence-corrected chi connectivity index (χ2v) is 7.15. The Kier molecular flexibility index (Phi) is 3.61. The molecule has 1 aliphatic carbocycles. The summed E-state index contributed by atoms with van der Waals surface area (Å²) in [7, 11) is 1.67. The van der Waals surface area contributed by atoms with Crippen molar-refractivity contribution in [3.05, 3.63) is 70.8 Å². The van der Waals surface area contributed by atoms with Crippen molar-refractivity contribution < 1.29 is 19.0 Å². The molecule has 2 aromatic rings. The second-order valence-electron chi connectivity index (χ2n) is 7.15. The Hall–Kier alpha value is -2.59. The number of esters is 1. The van der Waals surface area contributed by atoms with Crippen LogP contribution >= 0.6 is 0 Å². The minimum atomic E-state index is -0.155. The third kappa shape index (κ3) is 2.29. The standard InChI is InChI=1S/C22H20O4/c1-24-14-8-6-13(7-9-14)16-10-17-21(19-12-25-11-18(16)19)15-4-2-3-5-20(15)26-22(17)23/h2-9,16-17,21H,10-12H2,1H3/t16-,17-,21-/m1/s1. The van der Waals surface area contributed by atoms with E-state index in [0.717, 1.165) is 17.7 Å². The molecule has 2 aliphatic heterocycles. The summed E-state index contributed by atoms with van der Waals surface area (Å²) in [4.78, 5) is 12.8. The molecule has 26 heavy (non-hydrogen) atoms. The number of benzene rings is 2. The van der Waals surface area contributed by atoms with Crippen LogP contribution in [-0.4, -0.2) is 26.3 Å². The predicted molar refractivity (Wildman–Crippen MR) is 96.5 cm³/mol. The Morgan fingerprint density at radius 1 is 1.00 bits per heavy atom. The highest BCUT2D eigenvalue weighted by Crippen LogP contribution is 2.53. The molecule has 0 amide bonds. The van der Waals surface area contributed by atoms with Crippen molar-refractivity contribution in [1.29, 1.82) is 0 Å². The zero-order valence-corrected chi connectivity index (χ0v) is 14.6. The summed E-state index contributed by atoms with van der Waals surface area (Å²) in [6.45, 7) is 1.25. The van der Waals surface area contributed by atoms with Crippen LogP contribution in [0.5, 0.6) is 11.5 Å². The highest BCUT2D eigenvalue weighted by Gasteiger charge is 2.47. The van der Waals surface area contributed by atoms with Crippen LogP contribution in [0.2, 0.25) is 0 Å². The van der Waals surface area contributed by atoms with E-state index in [9.17, 15) is 4.79 Å². The number of hydrogen-bond donors (Lipinski definition) is 0. The third-order valence-electron chi connectivity index (χ3n) is 5.90. The number of hydrogen-bond acceptors (Lipinski definition) is 4. The fourth-order valence-electron chi connectivity index (χ4n) is 4.67. The molecule has 5 rings (SSSR count). The lowest BCUT2D eigenvalue weighted by molar-refractivity contribution is -0.141. The van der Waals surface area contributed by atoms with Gasteiger partial charge in [0.1, 0.15) is 11.5 Å². The lowest BCUT2D eigenvalue weighted by Gasteiger charge is -2.39. The van der Waals surface area contributed by atoms with Gasteiger partial charge in [-0.1, -0.05) is 30.3 Å². The number of carbonyl (C=O) groups excluding carboxylic acids is 1. The summed E-state index contributed by atoms with van der Waals surface area (Å²) >= 11 is 0. The van der Waals surface area contributed by atoms with Gasteiger partial charge in [-0.15, -0.1) is 0 Å². The molecule has 0 fully saturated rings. The van der Waals surface area contributed by atoms with Gasteiger partial charge in [0.25, 0.3) is 0 Å². The van der Waals surface area contributed by atoms with E-state index in [1.165, 1.54) is 16.7 Å². The van der Waals surface area contributed by atoms with E-state index in [1.54, 1.807) is 7.11 Å². The third-order valence-corrected chi connectivity index (χ3v) is 5.90. The van der Waals surface area contributed by atoms with Gasteiger partial charge in [0.05, 0.1) is 26.2 Å². The van der Waals surface area contributed by atoms with Crippen molar-refractivity contribution in [2.45, 2.75) is 18.3 Å². The van der Waals surface area contributed by atoms with Gasteiger partial charge in [-0.2, -0.15) is 0 Å². The van der Waals surface area contributed by atoms with E-state index < -0.39 is 0 Å². The Labute approximate surface area is 152 Å². The van der Waals surface area contributed by atoms with Crippen LogP contribution in [0.4, 0.5) is 0 Å². The van der Waals surface area contributed by atoms with E-state index in [1.807, 2.05) is 30.3 Å². The van der Waals surface area contributed by atoms with Crippen molar-refractivity contribution in [3.63, 3.8) is 0 Å². The van der Waals surface area contributed by atoms with Gasteiger partial charge in [-0.05, 0) is 41.3 Å². The monoisotopic (exact) mass is 348 g/mol. The summed E-state index contributed by atoms with van der Waals surface area (Å²) in [5, 5.41) is 0. The van der Waals surface area contributed by atoms with Gasteiger partial charge in [0.15, 0.2) is 0 Å². The molecule has 4 heteroatoms. The number of carbonyl (C=O) groups is 1. The molecule has 0 aromatic heterocycles. The maximum atomic E-state index is 12.8. The number of methoxy groups -OCH3 is 1. The SMILES string of the molecule is COc1ccc([C@H]2C[C@H]3C(=O)Oc4ccccc4[C@H]3C3=C2COC3)cc1. The van der Waals surface area contributed by atoms with Crippen LogP contribution in [0.1, 0.15) is 29.4 Å². The first kappa shape index (κ1) is 15.6. The number of fused-ring (bicyclic) bond motifs is 4. The van der Waals surface area contributed by atoms with Crippen LogP contribution in [0.15, 0.2) is 59.7 Å². The lowest BCUT2D eigenvalue weighted by atomic mass is 9.66. The van der Waals surface area contributed by atoms with E-state index in [-0.39, 0.29) is 23.7 Å². The maximum absolute atomic E-state index is 12.8. The molecule has 3 atom stereocenters. The molecule has 2 heterocycles. The molecular weight excluding hydrogens is 328 g/mol. The van der Waals surface area contributed by atoms with Gasteiger partial charge in [-0.25, -0.2) is 0 Å². The number of ether oxygens (including phenoxy) is 3. The van der Waals surface area contributed by atoms with Gasteiger partial charge in [0, 0.05) is 17.4 Å². The minimum absolute atomic E-state index is 0.0828. The predicted octanol–water partition coefficient (Wildman–Crippen LogP) is 3.83. The summed E-state index contributed by atoms with van der Waals surface area (Å²) in [5.41, 5.74) is 4.92. The molecule has 0 saturated carbocycles. The first-order valence-electron chi connectivity index (χ1n) is 9.00. The fraction of sp³-hybridized carbons (Fsp3) is 0.318. The van der Waals surface area contributed by atoms with Crippen LogP contribution < -0.4 is 9.47 Å². The second kappa shape index (κ2) is 5.99. The summed E-state index contributed by atoms with van der Waals surface area (Å²) in [6, 6.07) is 16.0. The first-order valence-corrected chi connectivity index (χ1v) is 9.00. The average Bonchev–Trinajstić information content (AvgIpc) is 3.17. The van der Waals surface area contributed by atoms with E-state index in [2.05, 4.69) is 18.2 Å². The molecule has 0 bridgehead atoms. The summed E-state index contributed by atoms with van der Waals surface area (Å²) in [6.07, 6.45) is 0.756. The van der Waals surface area contributed by atoms with Crippen LogP contribution in [-0.2, 0) is 9.53 Å². The molecule has 4 nitrogen and oxygen atoms in total. The van der Waals surface area contributed by atoms with Crippen molar-refractivity contribution in [2.75, 3.05) is 20.3 Å². The van der Waals surface area contributed by atoms with Crippen LogP contribution in [0.25, 0.3) is 0 Å². The molecule has 0 spiro atoms. The van der Waals surface area contributed by atoms with Gasteiger partial charge in [-0.3, -0.25) is 4.79 Å². The highest BCUT2D eigenvalue weighted by molar-refractivity contribution is 5.81. The highest BCUT2D eigenvalue weighted by atomic mass is 16.5. The zero-order valence-electron chi connectivity index (χ0n) is 14.6. The van der Waals surface area contributed by atoms with E-state index in [4.69, 9.17) is 14.2 Å². The van der Waals surface area contributed by atoms with Crippen LogP contribution in [0, 0.1) is 5.92 Å². The molecule has 0 N–H and O–H groups in total. The molecule has 0 radical (unpaired) electrons. The fourth-order valence-corrected chi connectivity index (χ4v) is 4.67. The molecule has 2 aromatic carbocycles. The maximum Gasteiger partial charge on any atom is 0.315 e. The number of rotatable bonds is 2. The first-order chi connectivity index (χ1) is 12.8. The van der Waals surface area contributed by atoms with Gasteiger partial charge >= 0.3 is 5.97 Å². The van der Waals surface area contributed by atoms with Crippen molar-refractivity contribution in [2.24, 2.45) is 5.92 Å². The normalized spacial score (nSPS) is 26.7. The largest absolute Gasteiger partial charge is 0.497 e. The van der Waals surface area contributed by atoms with Crippen molar-refractivity contribution in [3.8, 4) is 11.5 Å². The Balaban J connectivity index is 1.61. The van der Waals surface area contributed by atoms with Crippen molar-refractivity contribution >= 4 is 5.97 Å². The average molecular weight is 348 g/mol. The lowest BCUT2D eigenvalue weighted by Crippen LogP contribution is -2.37. The number of para-hydroxylation sites is 1. The molecule has 0 unspecified atom stereocenters. The smallest absolute Gasteiger partial charge is 0.315 e. The summed E-state index contributed by atoms with van der Waals surface area (Å²) < 4.78 is 16.8. The van der Waals surface area contributed by atoms with E-state index in [0.29, 0.717) is 19.0 Å². The topological polar surface area (TPSA) is 44.8 Å². The Morgan fingerprint density at radius 3 is 2.58 bits per heavy atom. The summed E-state index contributed by atoms with van der Waals surface area (Å²) in [5.74, 6) is 1.53. The minimum Gasteiger partial charge on any atom is -0.497 e. The Morgan fingerprint density at radius 2 is 1.77 bits per heavy atom. The molecule has 0 saturated heterocycles. The van der Waals surface area contributed by atoms with Crippen molar-refractivity contribution in [1.82, 2.24) is 0 Å².